The fourth-order valence-corrected chi connectivity index (χ4v) is 2.93. The van der Waals surface area contributed by atoms with Gasteiger partial charge in [0.15, 0.2) is 0 Å². The van der Waals surface area contributed by atoms with Gasteiger partial charge in [-0.05, 0) is 31.5 Å². The summed E-state index contributed by atoms with van der Waals surface area (Å²) in [6, 6.07) is 4.72. The lowest BCUT2D eigenvalue weighted by atomic mass is 10.0. The van der Waals surface area contributed by atoms with Gasteiger partial charge in [0.1, 0.15) is 5.76 Å². The Bertz CT molecular complexity index is 307. The SMILES string of the molecule is CCCCCCCCCCC(CCc1ccco1)NCC. The van der Waals surface area contributed by atoms with Crippen LogP contribution in [0.15, 0.2) is 22.8 Å². The number of unbranched alkanes of at least 4 members (excludes halogenated alkanes) is 7. The molecule has 0 radical (unpaired) electrons. The third kappa shape index (κ3) is 9.73. The molecule has 1 unspecified atom stereocenters. The molecule has 2 nitrogen and oxygen atoms in total. The summed E-state index contributed by atoms with van der Waals surface area (Å²) in [4.78, 5) is 0. The summed E-state index contributed by atoms with van der Waals surface area (Å²) in [5.41, 5.74) is 0. The molecule has 0 saturated heterocycles. The van der Waals surface area contributed by atoms with Crippen molar-refractivity contribution in [2.24, 2.45) is 0 Å². The van der Waals surface area contributed by atoms with E-state index >= 15 is 0 Å². The molecule has 1 heterocycles. The first-order valence-corrected chi connectivity index (χ1v) is 9.12. The van der Waals surface area contributed by atoms with Gasteiger partial charge in [0.2, 0.25) is 0 Å². The normalized spacial score (nSPS) is 12.7. The summed E-state index contributed by atoms with van der Waals surface area (Å²) in [6.07, 6.45) is 16.6. The molecule has 1 rings (SSSR count). The molecule has 0 saturated carbocycles. The predicted octanol–water partition coefficient (Wildman–Crippen LogP) is 5.72. The molecule has 0 aliphatic rings. The Morgan fingerprint density at radius 2 is 1.67 bits per heavy atom. The van der Waals surface area contributed by atoms with E-state index in [0.29, 0.717) is 6.04 Å². The zero-order valence-electron chi connectivity index (χ0n) is 14.2. The van der Waals surface area contributed by atoms with Crippen LogP contribution in [-0.2, 0) is 6.42 Å². The fraction of sp³-hybridized carbons (Fsp3) is 0.789. The van der Waals surface area contributed by atoms with Gasteiger partial charge in [-0.3, -0.25) is 0 Å². The smallest absolute Gasteiger partial charge is 0.103 e. The lowest BCUT2D eigenvalue weighted by Crippen LogP contribution is -2.29. The Balaban J connectivity index is 2.02. The summed E-state index contributed by atoms with van der Waals surface area (Å²) in [5, 5.41) is 3.62. The van der Waals surface area contributed by atoms with Crippen molar-refractivity contribution in [3.63, 3.8) is 0 Å². The van der Waals surface area contributed by atoms with E-state index in [0.717, 1.165) is 18.7 Å². The summed E-state index contributed by atoms with van der Waals surface area (Å²) in [5.74, 6) is 1.12. The van der Waals surface area contributed by atoms with Gasteiger partial charge in [0, 0.05) is 12.5 Å². The standard InChI is InChI=1S/C19H35NO/c1-3-5-6-7-8-9-10-11-13-18(20-4-2)15-16-19-14-12-17-21-19/h12,14,17-18,20H,3-11,13,15-16H2,1-2H3. The van der Waals surface area contributed by atoms with Crippen molar-refractivity contribution in [2.45, 2.75) is 90.5 Å². The first kappa shape index (κ1) is 18.3. The van der Waals surface area contributed by atoms with Crippen LogP contribution >= 0.6 is 0 Å². The third-order valence-electron chi connectivity index (χ3n) is 4.22. The van der Waals surface area contributed by atoms with Crippen LogP contribution in [0.3, 0.4) is 0 Å². The van der Waals surface area contributed by atoms with Crippen molar-refractivity contribution in [2.75, 3.05) is 6.54 Å². The second-order valence-electron chi connectivity index (χ2n) is 6.14. The highest BCUT2D eigenvalue weighted by Crippen LogP contribution is 2.13. The number of rotatable bonds is 14. The third-order valence-corrected chi connectivity index (χ3v) is 4.22. The zero-order chi connectivity index (χ0) is 15.2. The number of hydrogen-bond donors (Lipinski definition) is 1. The van der Waals surface area contributed by atoms with Crippen molar-refractivity contribution in [1.29, 1.82) is 0 Å². The van der Waals surface area contributed by atoms with E-state index < -0.39 is 0 Å². The van der Waals surface area contributed by atoms with Crippen molar-refractivity contribution in [3.8, 4) is 0 Å². The Morgan fingerprint density at radius 1 is 0.952 bits per heavy atom. The van der Waals surface area contributed by atoms with Crippen LogP contribution in [0.25, 0.3) is 0 Å². The maximum absolute atomic E-state index is 5.42. The summed E-state index contributed by atoms with van der Waals surface area (Å²) in [7, 11) is 0. The quantitative estimate of drug-likeness (QED) is 0.444. The highest BCUT2D eigenvalue weighted by Gasteiger charge is 2.08. The molecule has 0 aliphatic heterocycles. The molecule has 122 valence electrons. The second kappa shape index (κ2) is 12.9. The van der Waals surface area contributed by atoms with Crippen LogP contribution in [0, 0.1) is 0 Å². The van der Waals surface area contributed by atoms with Gasteiger partial charge in [0.25, 0.3) is 0 Å². The monoisotopic (exact) mass is 293 g/mol. The van der Waals surface area contributed by atoms with Crippen LogP contribution in [0.1, 0.15) is 83.8 Å². The van der Waals surface area contributed by atoms with E-state index in [1.807, 2.05) is 6.07 Å². The second-order valence-corrected chi connectivity index (χ2v) is 6.14. The summed E-state index contributed by atoms with van der Waals surface area (Å²) >= 11 is 0. The van der Waals surface area contributed by atoms with Crippen LogP contribution < -0.4 is 5.32 Å². The van der Waals surface area contributed by atoms with Gasteiger partial charge in [-0.1, -0.05) is 65.2 Å². The Morgan fingerprint density at radius 3 is 2.29 bits per heavy atom. The molecule has 1 N–H and O–H groups in total. The molecule has 21 heavy (non-hydrogen) atoms. The van der Waals surface area contributed by atoms with Gasteiger partial charge in [-0.2, -0.15) is 0 Å². The van der Waals surface area contributed by atoms with Crippen LogP contribution in [0.4, 0.5) is 0 Å². The van der Waals surface area contributed by atoms with Crippen LogP contribution in [0.5, 0.6) is 0 Å². The number of furan rings is 1. The molecular formula is C19H35NO. The average Bonchev–Trinajstić information content (AvgIpc) is 3.00. The molecule has 0 spiro atoms. The topological polar surface area (TPSA) is 25.2 Å². The van der Waals surface area contributed by atoms with Crippen molar-refractivity contribution < 1.29 is 4.42 Å². The summed E-state index contributed by atoms with van der Waals surface area (Å²) < 4.78 is 5.42. The lowest BCUT2D eigenvalue weighted by Gasteiger charge is -2.17. The van der Waals surface area contributed by atoms with E-state index in [1.165, 1.54) is 64.2 Å². The van der Waals surface area contributed by atoms with E-state index in [2.05, 4.69) is 25.2 Å². The molecule has 0 fully saturated rings. The largest absolute Gasteiger partial charge is 0.469 e. The minimum atomic E-state index is 0.653. The predicted molar refractivity (Wildman–Crippen MR) is 91.7 cm³/mol. The van der Waals surface area contributed by atoms with Crippen molar-refractivity contribution in [1.82, 2.24) is 5.32 Å². The van der Waals surface area contributed by atoms with Gasteiger partial charge in [-0.25, -0.2) is 0 Å². The van der Waals surface area contributed by atoms with E-state index in [-0.39, 0.29) is 0 Å². The highest BCUT2D eigenvalue weighted by atomic mass is 16.3. The molecule has 0 amide bonds. The van der Waals surface area contributed by atoms with E-state index in [9.17, 15) is 0 Å². The first-order chi connectivity index (χ1) is 10.4. The molecule has 1 aromatic rings. The van der Waals surface area contributed by atoms with Crippen molar-refractivity contribution in [3.05, 3.63) is 24.2 Å². The minimum absolute atomic E-state index is 0.653. The molecule has 0 bridgehead atoms. The fourth-order valence-electron chi connectivity index (χ4n) is 2.93. The van der Waals surface area contributed by atoms with Gasteiger partial charge in [-0.15, -0.1) is 0 Å². The van der Waals surface area contributed by atoms with Crippen LogP contribution in [0.2, 0.25) is 0 Å². The Labute approximate surface area is 131 Å². The number of aryl methyl sites for hydroxylation is 1. The number of nitrogens with one attached hydrogen (secondary N) is 1. The van der Waals surface area contributed by atoms with Gasteiger partial charge >= 0.3 is 0 Å². The molecular weight excluding hydrogens is 258 g/mol. The molecule has 1 aromatic heterocycles. The Kier molecular flexibility index (Phi) is 11.3. The number of hydrogen-bond acceptors (Lipinski definition) is 2. The van der Waals surface area contributed by atoms with E-state index in [1.54, 1.807) is 6.26 Å². The van der Waals surface area contributed by atoms with Gasteiger partial charge in [0.05, 0.1) is 6.26 Å². The summed E-state index contributed by atoms with van der Waals surface area (Å²) in [6.45, 7) is 5.55. The zero-order valence-corrected chi connectivity index (χ0v) is 14.2. The Hall–Kier alpha value is -0.760. The van der Waals surface area contributed by atoms with Crippen molar-refractivity contribution >= 4 is 0 Å². The van der Waals surface area contributed by atoms with E-state index in [4.69, 9.17) is 4.42 Å². The average molecular weight is 293 g/mol. The highest BCUT2D eigenvalue weighted by molar-refractivity contribution is 4.98. The maximum atomic E-state index is 5.42. The molecule has 1 atom stereocenters. The molecule has 0 aromatic carbocycles. The van der Waals surface area contributed by atoms with Crippen LogP contribution in [-0.4, -0.2) is 12.6 Å². The lowest BCUT2D eigenvalue weighted by molar-refractivity contribution is 0.416. The van der Waals surface area contributed by atoms with Gasteiger partial charge < -0.3 is 9.73 Å². The molecule has 2 heteroatoms. The first-order valence-electron chi connectivity index (χ1n) is 9.12. The maximum Gasteiger partial charge on any atom is 0.103 e. The minimum Gasteiger partial charge on any atom is -0.469 e. The molecule has 0 aliphatic carbocycles.